The van der Waals surface area contributed by atoms with Crippen molar-refractivity contribution >= 4 is 11.9 Å². The molecule has 15 heavy (non-hydrogen) atoms. The normalized spacial score (nSPS) is 23.6. The number of methoxy groups -OCH3 is 1. The van der Waals surface area contributed by atoms with Crippen molar-refractivity contribution in [3.8, 4) is 0 Å². The second-order valence-electron chi connectivity index (χ2n) is 3.76. The standard InChI is InChI=1S/C10H17NO4/c1-7(15-2)9(12)11-6-4-3-5-8(11)10(13)14/h7-8H,3-6H2,1-2H3,(H,13,14)/t7?,8-/m0/s1. The summed E-state index contributed by atoms with van der Waals surface area (Å²) in [4.78, 5) is 24.1. The Hall–Kier alpha value is -1.10. The van der Waals surface area contributed by atoms with Crippen molar-refractivity contribution < 1.29 is 19.4 Å². The van der Waals surface area contributed by atoms with Crippen LogP contribution in [0.25, 0.3) is 0 Å². The number of carbonyl (C=O) groups is 2. The fraction of sp³-hybridized carbons (Fsp3) is 0.800. The van der Waals surface area contributed by atoms with Crippen molar-refractivity contribution in [3.05, 3.63) is 0 Å². The van der Waals surface area contributed by atoms with Gasteiger partial charge in [0.1, 0.15) is 12.1 Å². The lowest BCUT2D eigenvalue weighted by Gasteiger charge is -2.34. The number of rotatable bonds is 3. The summed E-state index contributed by atoms with van der Waals surface area (Å²) in [7, 11) is 1.45. The van der Waals surface area contributed by atoms with Crippen LogP contribution in [0.1, 0.15) is 26.2 Å². The van der Waals surface area contributed by atoms with Crippen LogP contribution in [0.4, 0.5) is 0 Å². The zero-order chi connectivity index (χ0) is 11.4. The first-order chi connectivity index (χ1) is 7.07. The second-order valence-corrected chi connectivity index (χ2v) is 3.76. The van der Waals surface area contributed by atoms with Gasteiger partial charge in [0.25, 0.3) is 5.91 Å². The lowest BCUT2D eigenvalue weighted by molar-refractivity contribution is -0.156. The Labute approximate surface area is 89.0 Å². The van der Waals surface area contributed by atoms with E-state index in [-0.39, 0.29) is 5.91 Å². The molecule has 0 aromatic rings. The van der Waals surface area contributed by atoms with Crippen LogP contribution in [0.5, 0.6) is 0 Å². The molecule has 0 radical (unpaired) electrons. The third kappa shape index (κ3) is 2.68. The molecule has 1 amide bonds. The minimum absolute atomic E-state index is 0.232. The summed E-state index contributed by atoms with van der Waals surface area (Å²) in [5, 5.41) is 8.98. The van der Waals surface area contributed by atoms with Gasteiger partial charge in [0.2, 0.25) is 0 Å². The van der Waals surface area contributed by atoms with E-state index in [4.69, 9.17) is 9.84 Å². The predicted molar refractivity (Wildman–Crippen MR) is 53.5 cm³/mol. The minimum atomic E-state index is -0.925. The van der Waals surface area contributed by atoms with Gasteiger partial charge in [-0.3, -0.25) is 4.79 Å². The number of aliphatic carboxylic acids is 1. The van der Waals surface area contributed by atoms with Crippen molar-refractivity contribution in [1.29, 1.82) is 0 Å². The number of piperidine rings is 1. The molecule has 1 saturated heterocycles. The van der Waals surface area contributed by atoms with Gasteiger partial charge in [-0.15, -0.1) is 0 Å². The van der Waals surface area contributed by atoms with Crippen molar-refractivity contribution in [2.24, 2.45) is 0 Å². The van der Waals surface area contributed by atoms with Crippen molar-refractivity contribution in [2.75, 3.05) is 13.7 Å². The van der Waals surface area contributed by atoms with Gasteiger partial charge in [-0.25, -0.2) is 4.79 Å². The summed E-state index contributed by atoms with van der Waals surface area (Å²) in [6, 6.07) is -0.677. The minimum Gasteiger partial charge on any atom is -0.480 e. The first-order valence-corrected chi connectivity index (χ1v) is 5.14. The van der Waals surface area contributed by atoms with Gasteiger partial charge in [0.15, 0.2) is 0 Å². The monoisotopic (exact) mass is 215 g/mol. The topological polar surface area (TPSA) is 66.8 Å². The van der Waals surface area contributed by atoms with Gasteiger partial charge >= 0.3 is 5.97 Å². The van der Waals surface area contributed by atoms with E-state index in [2.05, 4.69) is 0 Å². The van der Waals surface area contributed by atoms with Crippen LogP contribution in [0.15, 0.2) is 0 Å². The van der Waals surface area contributed by atoms with E-state index in [9.17, 15) is 9.59 Å². The van der Waals surface area contributed by atoms with Crippen LogP contribution in [0.2, 0.25) is 0 Å². The quantitative estimate of drug-likeness (QED) is 0.744. The van der Waals surface area contributed by atoms with Gasteiger partial charge in [-0.1, -0.05) is 0 Å². The summed E-state index contributed by atoms with van der Waals surface area (Å²) in [6.07, 6.45) is 1.70. The van der Waals surface area contributed by atoms with E-state index >= 15 is 0 Å². The zero-order valence-corrected chi connectivity index (χ0v) is 9.10. The molecule has 0 bridgehead atoms. The Morgan fingerprint density at radius 2 is 2.13 bits per heavy atom. The average molecular weight is 215 g/mol. The summed E-state index contributed by atoms with van der Waals surface area (Å²) >= 11 is 0. The highest BCUT2D eigenvalue weighted by atomic mass is 16.5. The Morgan fingerprint density at radius 3 is 2.67 bits per heavy atom. The third-order valence-corrected chi connectivity index (χ3v) is 2.77. The highest BCUT2D eigenvalue weighted by Crippen LogP contribution is 2.18. The third-order valence-electron chi connectivity index (χ3n) is 2.77. The Kier molecular flexibility index (Phi) is 4.08. The molecular formula is C10H17NO4. The number of hydrogen-bond donors (Lipinski definition) is 1. The van der Waals surface area contributed by atoms with Gasteiger partial charge in [-0.05, 0) is 26.2 Å². The molecule has 1 heterocycles. The molecule has 1 unspecified atom stereocenters. The first-order valence-electron chi connectivity index (χ1n) is 5.14. The largest absolute Gasteiger partial charge is 0.480 e. The molecule has 1 aliphatic rings. The number of amides is 1. The Balaban J connectivity index is 2.71. The number of nitrogens with zero attached hydrogens (tertiary/aromatic N) is 1. The van der Waals surface area contributed by atoms with E-state index in [0.717, 1.165) is 12.8 Å². The van der Waals surface area contributed by atoms with Gasteiger partial charge in [-0.2, -0.15) is 0 Å². The van der Waals surface area contributed by atoms with E-state index in [1.807, 2.05) is 0 Å². The van der Waals surface area contributed by atoms with Crippen LogP contribution in [-0.4, -0.2) is 47.7 Å². The maximum absolute atomic E-state index is 11.8. The molecule has 1 N–H and O–H groups in total. The molecular weight excluding hydrogens is 198 g/mol. The number of carboxylic acids is 1. The molecule has 5 heteroatoms. The van der Waals surface area contributed by atoms with Gasteiger partial charge < -0.3 is 14.7 Å². The zero-order valence-electron chi connectivity index (χ0n) is 9.10. The fourth-order valence-corrected chi connectivity index (χ4v) is 1.79. The second kappa shape index (κ2) is 5.11. The molecule has 1 rings (SSSR count). The predicted octanol–water partition coefficient (Wildman–Crippen LogP) is 0.487. The summed E-state index contributed by atoms with van der Waals surface area (Å²) in [5.74, 6) is -1.16. The van der Waals surface area contributed by atoms with Crippen molar-refractivity contribution in [3.63, 3.8) is 0 Å². The SMILES string of the molecule is COC(C)C(=O)N1CCCC[C@H]1C(=O)O. The molecule has 0 saturated carbocycles. The summed E-state index contributed by atoms with van der Waals surface area (Å²) < 4.78 is 4.91. The Bertz CT molecular complexity index is 254. The van der Waals surface area contributed by atoms with Crippen LogP contribution in [0, 0.1) is 0 Å². The number of likely N-dealkylation sites (tertiary alicyclic amines) is 1. The van der Waals surface area contributed by atoms with E-state index in [0.29, 0.717) is 13.0 Å². The summed E-state index contributed by atoms with van der Waals surface area (Å²) in [5.41, 5.74) is 0. The lowest BCUT2D eigenvalue weighted by Crippen LogP contribution is -2.51. The van der Waals surface area contributed by atoms with E-state index < -0.39 is 18.1 Å². The number of carboxylic acid groups (broad SMARTS) is 1. The number of carbonyl (C=O) groups excluding carboxylic acids is 1. The highest BCUT2D eigenvalue weighted by molar-refractivity contribution is 5.86. The van der Waals surface area contributed by atoms with Crippen LogP contribution in [-0.2, 0) is 14.3 Å². The van der Waals surface area contributed by atoms with Gasteiger partial charge in [0.05, 0.1) is 0 Å². The molecule has 0 aromatic carbocycles. The highest BCUT2D eigenvalue weighted by Gasteiger charge is 2.33. The average Bonchev–Trinajstić information content (AvgIpc) is 2.27. The fourth-order valence-electron chi connectivity index (χ4n) is 1.79. The van der Waals surface area contributed by atoms with Crippen molar-refractivity contribution in [2.45, 2.75) is 38.3 Å². The number of ether oxygens (including phenoxy) is 1. The maximum Gasteiger partial charge on any atom is 0.326 e. The smallest absolute Gasteiger partial charge is 0.326 e. The summed E-state index contributed by atoms with van der Waals surface area (Å²) in [6.45, 7) is 2.15. The lowest BCUT2D eigenvalue weighted by atomic mass is 10.0. The molecule has 0 aromatic heterocycles. The first kappa shape index (κ1) is 12.0. The molecule has 1 aliphatic heterocycles. The molecule has 1 fully saturated rings. The van der Waals surface area contributed by atoms with E-state index in [1.54, 1.807) is 6.92 Å². The van der Waals surface area contributed by atoms with Crippen LogP contribution in [0.3, 0.4) is 0 Å². The Morgan fingerprint density at radius 1 is 1.47 bits per heavy atom. The van der Waals surface area contributed by atoms with Crippen LogP contribution < -0.4 is 0 Å². The maximum atomic E-state index is 11.8. The number of hydrogen-bond acceptors (Lipinski definition) is 3. The molecule has 0 spiro atoms. The van der Waals surface area contributed by atoms with Gasteiger partial charge in [0, 0.05) is 13.7 Å². The van der Waals surface area contributed by atoms with Crippen LogP contribution >= 0.6 is 0 Å². The van der Waals surface area contributed by atoms with Crippen molar-refractivity contribution in [1.82, 2.24) is 4.90 Å². The molecule has 5 nitrogen and oxygen atoms in total. The molecule has 0 aliphatic carbocycles. The van der Waals surface area contributed by atoms with E-state index in [1.165, 1.54) is 12.0 Å². The molecule has 2 atom stereocenters. The molecule has 86 valence electrons.